The van der Waals surface area contributed by atoms with E-state index in [1.807, 2.05) is 0 Å². The summed E-state index contributed by atoms with van der Waals surface area (Å²) in [4.78, 5) is 12.2. The SMILES string of the molecule is O=C(NCC1(CO)CCCCC1)c1cc(Cl)cc(Br)c1. The molecule has 5 heteroatoms. The van der Waals surface area contributed by atoms with Gasteiger partial charge in [-0.1, -0.05) is 46.8 Å². The molecule has 110 valence electrons. The molecular formula is C15H19BrClNO2. The Morgan fingerprint density at radius 1 is 1.30 bits per heavy atom. The second-order valence-corrected chi connectivity index (χ2v) is 6.91. The zero-order chi connectivity index (χ0) is 14.6. The third-order valence-corrected chi connectivity index (χ3v) is 4.67. The highest BCUT2D eigenvalue weighted by Crippen LogP contribution is 2.35. The second-order valence-electron chi connectivity index (χ2n) is 5.56. The van der Waals surface area contributed by atoms with Crippen molar-refractivity contribution in [1.82, 2.24) is 5.32 Å². The molecule has 2 rings (SSSR count). The van der Waals surface area contributed by atoms with E-state index in [1.165, 1.54) is 6.42 Å². The van der Waals surface area contributed by atoms with Gasteiger partial charge in [-0.3, -0.25) is 4.79 Å². The molecule has 1 amide bonds. The highest BCUT2D eigenvalue weighted by Gasteiger charge is 2.31. The molecule has 0 heterocycles. The van der Waals surface area contributed by atoms with Gasteiger partial charge in [-0.15, -0.1) is 0 Å². The van der Waals surface area contributed by atoms with Crippen molar-refractivity contribution in [2.24, 2.45) is 5.41 Å². The Morgan fingerprint density at radius 2 is 2.00 bits per heavy atom. The summed E-state index contributed by atoms with van der Waals surface area (Å²) >= 11 is 9.28. The summed E-state index contributed by atoms with van der Waals surface area (Å²) in [5, 5.41) is 13.1. The van der Waals surface area contributed by atoms with Crippen LogP contribution in [0.15, 0.2) is 22.7 Å². The van der Waals surface area contributed by atoms with Crippen molar-refractivity contribution in [3.05, 3.63) is 33.3 Å². The number of carbonyl (C=O) groups is 1. The number of hydrogen-bond acceptors (Lipinski definition) is 2. The van der Waals surface area contributed by atoms with Gasteiger partial charge < -0.3 is 10.4 Å². The van der Waals surface area contributed by atoms with Crippen LogP contribution >= 0.6 is 27.5 Å². The van der Waals surface area contributed by atoms with Gasteiger partial charge in [0.25, 0.3) is 5.91 Å². The number of nitrogens with one attached hydrogen (secondary N) is 1. The van der Waals surface area contributed by atoms with Crippen LogP contribution in [0.1, 0.15) is 42.5 Å². The summed E-state index contributed by atoms with van der Waals surface area (Å²) < 4.78 is 0.782. The molecule has 0 radical (unpaired) electrons. The summed E-state index contributed by atoms with van der Waals surface area (Å²) in [6.07, 6.45) is 5.42. The van der Waals surface area contributed by atoms with Crippen molar-refractivity contribution >= 4 is 33.4 Å². The lowest BCUT2D eigenvalue weighted by Gasteiger charge is -2.35. The average Bonchev–Trinajstić information content (AvgIpc) is 2.45. The normalized spacial score (nSPS) is 17.8. The molecule has 0 saturated heterocycles. The number of aliphatic hydroxyl groups excluding tert-OH is 1. The predicted molar refractivity (Wildman–Crippen MR) is 84.1 cm³/mol. The molecule has 1 saturated carbocycles. The summed E-state index contributed by atoms with van der Waals surface area (Å²) in [7, 11) is 0. The van der Waals surface area contributed by atoms with Crippen LogP contribution in [-0.4, -0.2) is 24.2 Å². The molecule has 2 N–H and O–H groups in total. The van der Waals surface area contributed by atoms with E-state index in [0.717, 1.165) is 30.2 Å². The fraction of sp³-hybridized carbons (Fsp3) is 0.533. The van der Waals surface area contributed by atoms with Crippen molar-refractivity contribution in [2.75, 3.05) is 13.2 Å². The molecule has 0 unspecified atom stereocenters. The number of rotatable bonds is 4. The Kier molecular flexibility index (Phi) is 5.47. The molecule has 1 aromatic rings. The van der Waals surface area contributed by atoms with E-state index in [9.17, 15) is 9.90 Å². The Labute approximate surface area is 132 Å². The third kappa shape index (κ3) is 3.96. The molecule has 3 nitrogen and oxygen atoms in total. The number of benzene rings is 1. The number of amides is 1. The van der Waals surface area contributed by atoms with E-state index in [4.69, 9.17) is 11.6 Å². The van der Waals surface area contributed by atoms with Gasteiger partial charge >= 0.3 is 0 Å². The largest absolute Gasteiger partial charge is 0.396 e. The van der Waals surface area contributed by atoms with Gasteiger partial charge in [0.2, 0.25) is 0 Å². The minimum absolute atomic E-state index is 0.131. The smallest absolute Gasteiger partial charge is 0.251 e. The van der Waals surface area contributed by atoms with Gasteiger partial charge in [0, 0.05) is 27.0 Å². The zero-order valence-corrected chi connectivity index (χ0v) is 13.6. The van der Waals surface area contributed by atoms with Crippen molar-refractivity contribution in [1.29, 1.82) is 0 Å². The first kappa shape index (κ1) is 15.8. The number of hydrogen-bond donors (Lipinski definition) is 2. The minimum Gasteiger partial charge on any atom is -0.396 e. The second kappa shape index (κ2) is 6.92. The lowest BCUT2D eigenvalue weighted by Crippen LogP contribution is -2.41. The van der Waals surface area contributed by atoms with Crippen LogP contribution < -0.4 is 5.32 Å². The first-order chi connectivity index (χ1) is 9.54. The van der Waals surface area contributed by atoms with Gasteiger partial charge in [0.05, 0.1) is 6.61 Å². The molecule has 1 fully saturated rings. The monoisotopic (exact) mass is 359 g/mol. The van der Waals surface area contributed by atoms with Crippen LogP contribution in [0, 0.1) is 5.41 Å². The van der Waals surface area contributed by atoms with E-state index in [-0.39, 0.29) is 17.9 Å². The molecule has 0 bridgehead atoms. The molecule has 0 atom stereocenters. The predicted octanol–water partition coefficient (Wildman–Crippen LogP) is 3.78. The van der Waals surface area contributed by atoms with E-state index in [0.29, 0.717) is 17.1 Å². The lowest BCUT2D eigenvalue weighted by atomic mass is 9.74. The molecule has 0 spiro atoms. The summed E-state index contributed by atoms with van der Waals surface area (Å²) in [5.41, 5.74) is 0.386. The van der Waals surface area contributed by atoms with Gasteiger partial charge in [-0.05, 0) is 31.0 Å². The van der Waals surface area contributed by atoms with Crippen molar-refractivity contribution in [2.45, 2.75) is 32.1 Å². The molecule has 1 aliphatic carbocycles. The average molecular weight is 361 g/mol. The topological polar surface area (TPSA) is 49.3 Å². The Bertz CT molecular complexity index is 467. The number of carbonyl (C=O) groups excluding carboxylic acids is 1. The van der Waals surface area contributed by atoms with Crippen molar-refractivity contribution < 1.29 is 9.90 Å². The maximum Gasteiger partial charge on any atom is 0.251 e. The Balaban J connectivity index is 2.00. The van der Waals surface area contributed by atoms with Gasteiger partial charge in [-0.25, -0.2) is 0 Å². The zero-order valence-electron chi connectivity index (χ0n) is 11.3. The lowest BCUT2D eigenvalue weighted by molar-refractivity contribution is 0.0718. The minimum atomic E-state index is -0.149. The summed E-state index contributed by atoms with van der Waals surface area (Å²) in [6, 6.07) is 5.14. The van der Waals surface area contributed by atoms with Gasteiger partial charge in [0.15, 0.2) is 0 Å². The van der Waals surface area contributed by atoms with Crippen molar-refractivity contribution in [3.8, 4) is 0 Å². The van der Waals surface area contributed by atoms with E-state index in [1.54, 1.807) is 18.2 Å². The highest BCUT2D eigenvalue weighted by atomic mass is 79.9. The molecule has 1 aromatic carbocycles. The van der Waals surface area contributed by atoms with Crippen LogP contribution in [0.2, 0.25) is 5.02 Å². The highest BCUT2D eigenvalue weighted by molar-refractivity contribution is 9.10. The Morgan fingerprint density at radius 3 is 2.60 bits per heavy atom. The molecule has 20 heavy (non-hydrogen) atoms. The first-order valence-electron chi connectivity index (χ1n) is 6.90. The first-order valence-corrected chi connectivity index (χ1v) is 8.07. The van der Waals surface area contributed by atoms with E-state index in [2.05, 4.69) is 21.2 Å². The maximum absolute atomic E-state index is 12.2. The molecular weight excluding hydrogens is 342 g/mol. The van der Waals surface area contributed by atoms with Gasteiger partial charge in [-0.2, -0.15) is 0 Å². The maximum atomic E-state index is 12.2. The fourth-order valence-corrected chi connectivity index (χ4v) is 3.61. The van der Waals surface area contributed by atoms with Crippen LogP contribution in [0.25, 0.3) is 0 Å². The van der Waals surface area contributed by atoms with Crippen LogP contribution in [0.3, 0.4) is 0 Å². The number of aliphatic hydroxyl groups is 1. The standard InChI is InChI=1S/C15H19BrClNO2/c16-12-6-11(7-13(17)8-12)14(20)18-9-15(10-19)4-2-1-3-5-15/h6-8,19H,1-5,9-10H2,(H,18,20). The van der Waals surface area contributed by atoms with Gasteiger partial charge in [0.1, 0.15) is 0 Å². The Hall–Kier alpha value is -0.580. The van der Waals surface area contributed by atoms with Crippen LogP contribution in [-0.2, 0) is 0 Å². The van der Waals surface area contributed by atoms with E-state index < -0.39 is 0 Å². The third-order valence-electron chi connectivity index (χ3n) is 4.00. The quantitative estimate of drug-likeness (QED) is 0.858. The summed E-state index contributed by atoms with van der Waals surface area (Å²) in [6.45, 7) is 0.652. The summed E-state index contributed by atoms with van der Waals surface area (Å²) in [5.74, 6) is -0.147. The van der Waals surface area contributed by atoms with Crippen molar-refractivity contribution in [3.63, 3.8) is 0 Å². The van der Waals surface area contributed by atoms with Crippen LogP contribution in [0.5, 0.6) is 0 Å². The molecule has 0 aromatic heterocycles. The molecule has 0 aliphatic heterocycles. The fourth-order valence-electron chi connectivity index (χ4n) is 2.75. The van der Waals surface area contributed by atoms with E-state index >= 15 is 0 Å². The van der Waals surface area contributed by atoms with Crippen LogP contribution in [0.4, 0.5) is 0 Å². The number of halogens is 2. The molecule has 1 aliphatic rings.